The van der Waals surface area contributed by atoms with E-state index in [0.717, 1.165) is 36.6 Å². The summed E-state index contributed by atoms with van der Waals surface area (Å²) in [5, 5.41) is 6.11. The molecule has 0 unspecified atom stereocenters. The number of aliphatic imine (C=N–C) groups is 1. The number of aromatic nitrogens is 1. The number of pyridine rings is 1. The molecule has 0 amide bonds. The Morgan fingerprint density at radius 2 is 1.78 bits per heavy atom. The van der Waals surface area contributed by atoms with Crippen molar-refractivity contribution in [1.29, 1.82) is 0 Å². The van der Waals surface area contributed by atoms with E-state index in [2.05, 4.69) is 39.4 Å². The fourth-order valence-electron chi connectivity index (χ4n) is 2.52. The molecule has 27 heavy (non-hydrogen) atoms. The molecule has 0 saturated carbocycles. The van der Waals surface area contributed by atoms with Crippen molar-refractivity contribution in [2.75, 3.05) is 25.0 Å². The summed E-state index contributed by atoms with van der Waals surface area (Å²) >= 11 is 0. The molecule has 2 rings (SSSR count). The minimum Gasteiger partial charge on any atom is -0.357 e. The van der Waals surface area contributed by atoms with Crippen LogP contribution in [0.2, 0.25) is 0 Å². The van der Waals surface area contributed by atoms with Gasteiger partial charge in [0.15, 0.2) is 5.96 Å². The highest BCUT2D eigenvalue weighted by atomic mass is 127. The molecule has 1 aromatic carbocycles. The number of nitrogens with one attached hydrogen (secondary N) is 2. The third-order valence-electron chi connectivity index (χ3n) is 4.03. The Balaban J connectivity index is 0.00000364. The van der Waals surface area contributed by atoms with Gasteiger partial charge in [-0.3, -0.25) is 4.99 Å². The number of guanidine groups is 1. The van der Waals surface area contributed by atoms with Crippen LogP contribution in [0.15, 0.2) is 41.5 Å². The van der Waals surface area contributed by atoms with Crippen LogP contribution in [0.5, 0.6) is 0 Å². The topological polar surface area (TPSA) is 52.5 Å². The average Bonchev–Trinajstić information content (AvgIpc) is 2.66. The molecule has 8 heteroatoms. The van der Waals surface area contributed by atoms with Gasteiger partial charge in [-0.1, -0.05) is 6.07 Å². The molecule has 2 N–H and O–H groups in total. The molecule has 0 saturated heterocycles. The Hall–Kier alpha value is -1.97. The summed E-state index contributed by atoms with van der Waals surface area (Å²) in [7, 11) is 1.62. The number of halogens is 3. The molecule has 0 aliphatic rings. The van der Waals surface area contributed by atoms with Gasteiger partial charge in [-0.25, -0.2) is 13.8 Å². The second-order valence-electron chi connectivity index (χ2n) is 5.71. The lowest BCUT2D eigenvalue weighted by atomic mass is 10.2. The molecular weight excluding hydrogens is 463 g/mol. The molecule has 5 nitrogen and oxygen atoms in total. The molecule has 0 radical (unpaired) electrons. The SMILES string of the molecule is CCN(CC)c1ccc(CNC(=NC)NCc2cc(F)ccc2F)cn1.I. The van der Waals surface area contributed by atoms with E-state index in [-0.39, 0.29) is 36.1 Å². The van der Waals surface area contributed by atoms with Gasteiger partial charge >= 0.3 is 0 Å². The van der Waals surface area contributed by atoms with Crippen LogP contribution in [0.3, 0.4) is 0 Å². The summed E-state index contributed by atoms with van der Waals surface area (Å²) in [5.74, 6) is 0.528. The molecule has 0 atom stereocenters. The second kappa shape index (κ2) is 11.7. The van der Waals surface area contributed by atoms with E-state index in [1.165, 1.54) is 6.07 Å². The van der Waals surface area contributed by atoms with Gasteiger partial charge in [0.05, 0.1) is 0 Å². The Kier molecular flexibility index (Phi) is 9.98. The number of benzene rings is 1. The van der Waals surface area contributed by atoms with Crippen LogP contribution >= 0.6 is 24.0 Å². The van der Waals surface area contributed by atoms with Gasteiger partial charge < -0.3 is 15.5 Å². The fourth-order valence-corrected chi connectivity index (χ4v) is 2.52. The maximum absolute atomic E-state index is 13.7. The summed E-state index contributed by atoms with van der Waals surface area (Å²) in [4.78, 5) is 10.7. The fraction of sp³-hybridized carbons (Fsp3) is 0.368. The number of rotatable bonds is 7. The quantitative estimate of drug-likeness (QED) is 0.354. The van der Waals surface area contributed by atoms with Gasteiger partial charge in [0.25, 0.3) is 0 Å². The number of nitrogens with zero attached hydrogens (tertiary/aromatic N) is 3. The summed E-state index contributed by atoms with van der Waals surface area (Å²) in [6.07, 6.45) is 1.82. The summed E-state index contributed by atoms with van der Waals surface area (Å²) in [6.45, 7) is 6.68. The lowest BCUT2D eigenvalue weighted by Gasteiger charge is -2.19. The first-order valence-corrected chi connectivity index (χ1v) is 8.65. The number of hydrogen-bond donors (Lipinski definition) is 2. The normalized spacial score (nSPS) is 10.9. The zero-order valence-electron chi connectivity index (χ0n) is 15.8. The van der Waals surface area contributed by atoms with Crippen molar-refractivity contribution < 1.29 is 8.78 Å². The Labute approximate surface area is 176 Å². The van der Waals surface area contributed by atoms with E-state index in [9.17, 15) is 8.78 Å². The third kappa shape index (κ3) is 6.93. The minimum absolute atomic E-state index is 0. The first kappa shape index (κ1) is 23.1. The van der Waals surface area contributed by atoms with Gasteiger partial charge in [0, 0.05) is 45.0 Å². The average molecular weight is 489 g/mol. The minimum atomic E-state index is -0.467. The second-order valence-corrected chi connectivity index (χ2v) is 5.71. The molecule has 2 aromatic rings. The van der Waals surface area contributed by atoms with Crippen LogP contribution in [0.1, 0.15) is 25.0 Å². The van der Waals surface area contributed by atoms with E-state index < -0.39 is 11.6 Å². The van der Waals surface area contributed by atoms with Crippen LogP contribution in [0.25, 0.3) is 0 Å². The van der Waals surface area contributed by atoms with E-state index in [4.69, 9.17) is 0 Å². The first-order chi connectivity index (χ1) is 12.6. The molecular formula is C19H26F2IN5. The van der Waals surface area contributed by atoms with E-state index >= 15 is 0 Å². The largest absolute Gasteiger partial charge is 0.357 e. The van der Waals surface area contributed by atoms with E-state index in [0.29, 0.717) is 12.5 Å². The maximum Gasteiger partial charge on any atom is 0.191 e. The van der Waals surface area contributed by atoms with Crippen LogP contribution in [-0.4, -0.2) is 31.1 Å². The Morgan fingerprint density at radius 1 is 1.07 bits per heavy atom. The standard InChI is InChI=1S/C19H25F2N5.HI/c1-4-26(5-2)18-9-6-14(11-23-18)12-24-19(22-3)25-13-15-10-16(20)7-8-17(15)21;/h6-11H,4-5,12-13H2,1-3H3,(H2,22,24,25);1H. The Morgan fingerprint density at radius 3 is 2.37 bits per heavy atom. The van der Waals surface area contributed by atoms with Gasteiger partial charge in [0.2, 0.25) is 0 Å². The van der Waals surface area contributed by atoms with E-state index in [1.54, 1.807) is 7.05 Å². The van der Waals surface area contributed by atoms with Crippen LogP contribution < -0.4 is 15.5 Å². The first-order valence-electron chi connectivity index (χ1n) is 8.65. The van der Waals surface area contributed by atoms with Crippen molar-refractivity contribution in [2.24, 2.45) is 4.99 Å². The van der Waals surface area contributed by atoms with Crippen molar-refractivity contribution in [3.8, 4) is 0 Å². The molecule has 0 bridgehead atoms. The van der Waals surface area contributed by atoms with Gasteiger partial charge in [0.1, 0.15) is 17.5 Å². The summed E-state index contributed by atoms with van der Waals surface area (Å²) in [5.41, 5.74) is 1.25. The van der Waals surface area contributed by atoms with Gasteiger partial charge in [-0.2, -0.15) is 0 Å². The van der Waals surface area contributed by atoms with Crippen LogP contribution in [0.4, 0.5) is 14.6 Å². The van der Waals surface area contributed by atoms with Crippen molar-refractivity contribution in [2.45, 2.75) is 26.9 Å². The highest BCUT2D eigenvalue weighted by Crippen LogP contribution is 2.11. The molecule has 0 aliphatic heterocycles. The highest BCUT2D eigenvalue weighted by molar-refractivity contribution is 14.0. The predicted octanol–water partition coefficient (Wildman–Crippen LogP) is 3.69. The van der Waals surface area contributed by atoms with Crippen molar-refractivity contribution in [3.63, 3.8) is 0 Å². The highest BCUT2D eigenvalue weighted by Gasteiger charge is 2.06. The Bertz CT molecular complexity index is 733. The molecule has 148 valence electrons. The molecule has 0 fully saturated rings. The molecule has 0 aliphatic carbocycles. The molecule has 1 heterocycles. The summed E-state index contributed by atoms with van der Waals surface area (Å²) < 4.78 is 26.9. The summed E-state index contributed by atoms with van der Waals surface area (Å²) in [6, 6.07) is 7.38. The predicted molar refractivity (Wildman–Crippen MR) is 117 cm³/mol. The van der Waals surface area contributed by atoms with Crippen molar-refractivity contribution in [3.05, 3.63) is 59.3 Å². The van der Waals surface area contributed by atoms with E-state index in [1.807, 2.05) is 18.3 Å². The molecule has 1 aromatic heterocycles. The van der Waals surface area contributed by atoms with Crippen molar-refractivity contribution in [1.82, 2.24) is 15.6 Å². The lowest BCUT2D eigenvalue weighted by Crippen LogP contribution is -2.36. The number of anilines is 1. The molecule has 0 spiro atoms. The number of hydrogen-bond acceptors (Lipinski definition) is 3. The monoisotopic (exact) mass is 489 g/mol. The van der Waals surface area contributed by atoms with Gasteiger partial charge in [-0.15, -0.1) is 24.0 Å². The van der Waals surface area contributed by atoms with Crippen LogP contribution in [-0.2, 0) is 13.1 Å². The smallest absolute Gasteiger partial charge is 0.191 e. The van der Waals surface area contributed by atoms with Crippen molar-refractivity contribution >= 4 is 35.8 Å². The third-order valence-corrected chi connectivity index (χ3v) is 4.03. The van der Waals surface area contributed by atoms with Crippen LogP contribution in [0, 0.1) is 11.6 Å². The van der Waals surface area contributed by atoms with Gasteiger partial charge in [-0.05, 0) is 43.7 Å². The zero-order chi connectivity index (χ0) is 18.9. The maximum atomic E-state index is 13.7. The lowest BCUT2D eigenvalue weighted by molar-refractivity contribution is 0.581. The zero-order valence-corrected chi connectivity index (χ0v) is 18.1.